The highest BCUT2D eigenvalue weighted by molar-refractivity contribution is 5.96. The van der Waals surface area contributed by atoms with Crippen molar-refractivity contribution in [3.05, 3.63) is 48.2 Å². The number of para-hydroxylation sites is 1. The zero-order valence-corrected chi connectivity index (χ0v) is 11.3. The molecular formula is C14H15FN4O2. The second kappa shape index (κ2) is 7.18. The summed E-state index contributed by atoms with van der Waals surface area (Å²) in [5, 5.41) is 2.65. The number of nitrogens with zero attached hydrogens (tertiary/aromatic N) is 2. The van der Waals surface area contributed by atoms with Gasteiger partial charge in [0, 0.05) is 18.9 Å². The Morgan fingerprint density at radius 3 is 2.81 bits per heavy atom. The van der Waals surface area contributed by atoms with Crippen LogP contribution in [0.5, 0.6) is 5.75 Å². The van der Waals surface area contributed by atoms with Gasteiger partial charge in [-0.25, -0.2) is 14.4 Å². The van der Waals surface area contributed by atoms with Gasteiger partial charge in [-0.05, 0) is 18.6 Å². The van der Waals surface area contributed by atoms with E-state index >= 15 is 0 Å². The molecule has 0 saturated heterocycles. The zero-order chi connectivity index (χ0) is 15.1. The summed E-state index contributed by atoms with van der Waals surface area (Å²) < 4.78 is 18.5. The molecule has 0 unspecified atom stereocenters. The molecule has 0 atom stereocenters. The highest BCUT2D eigenvalue weighted by Crippen LogP contribution is 2.15. The normalized spacial score (nSPS) is 10.1. The molecule has 0 bridgehead atoms. The summed E-state index contributed by atoms with van der Waals surface area (Å²) in [6.45, 7) is 0.653. The first kappa shape index (κ1) is 14.7. The molecule has 7 heteroatoms. The number of nitrogen functional groups attached to an aromatic ring is 1. The van der Waals surface area contributed by atoms with Crippen molar-refractivity contribution in [2.45, 2.75) is 6.42 Å². The molecule has 110 valence electrons. The van der Waals surface area contributed by atoms with Crippen LogP contribution in [0.2, 0.25) is 0 Å². The van der Waals surface area contributed by atoms with Crippen LogP contribution in [0.4, 0.5) is 10.2 Å². The Labute approximate surface area is 121 Å². The van der Waals surface area contributed by atoms with Crippen molar-refractivity contribution < 1.29 is 13.9 Å². The van der Waals surface area contributed by atoms with Gasteiger partial charge < -0.3 is 15.8 Å². The van der Waals surface area contributed by atoms with Gasteiger partial charge in [-0.2, -0.15) is 0 Å². The lowest BCUT2D eigenvalue weighted by Gasteiger charge is -2.08. The highest BCUT2D eigenvalue weighted by Gasteiger charge is 2.10. The average Bonchev–Trinajstić information content (AvgIpc) is 2.49. The van der Waals surface area contributed by atoms with Gasteiger partial charge in [-0.15, -0.1) is 0 Å². The van der Waals surface area contributed by atoms with Crippen molar-refractivity contribution in [2.75, 3.05) is 18.9 Å². The summed E-state index contributed by atoms with van der Waals surface area (Å²) in [6.07, 6.45) is 3.33. The molecule has 3 N–H and O–H groups in total. The van der Waals surface area contributed by atoms with Gasteiger partial charge in [0.1, 0.15) is 0 Å². The number of aromatic nitrogens is 2. The number of rotatable bonds is 6. The lowest BCUT2D eigenvalue weighted by Crippen LogP contribution is -2.27. The fourth-order valence-corrected chi connectivity index (χ4v) is 1.63. The Bertz CT molecular complexity index is 621. The molecule has 1 heterocycles. The fourth-order valence-electron chi connectivity index (χ4n) is 1.63. The van der Waals surface area contributed by atoms with Crippen LogP contribution < -0.4 is 15.8 Å². The fraction of sp³-hybridized carbons (Fsp3) is 0.214. The first-order chi connectivity index (χ1) is 10.2. The Kier molecular flexibility index (Phi) is 5.03. The first-order valence-corrected chi connectivity index (χ1v) is 6.40. The molecule has 1 aromatic heterocycles. The number of anilines is 1. The molecule has 0 fully saturated rings. The van der Waals surface area contributed by atoms with E-state index in [9.17, 15) is 9.18 Å². The molecule has 2 rings (SSSR count). The van der Waals surface area contributed by atoms with Gasteiger partial charge in [0.2, 0.25) is 0 Å². The van der Waals surface area contributed by atoms with Gasteiger partial charge in [-0.1, -0.05) is 12.1 Å². The highest BCUT2D eigenvalue weighted by atomic mass is 19.1. The minimum absolute atomic E-state index is 0.0811. The third-order valence-corrected chi connectivity index (χ3v) is 2.64. The number of nitrogens with one attached hydrogen (secondary N) is 1. The van der Waals surface area contributed by atoms with Crippen molar-refractivity contribution >= 4 is 11.7 Å². The molecule has 0 spiro atoms. The maximum Gasteiger partial charge on any atom is 0.273 e. The molecule has 1 aromatic carbocycles. The van der Waals surface area contributed by atoms with Crippen LogP contribution in [-0.4, -0.2) is 29.0 Å². The molecule has 0 saturated carbocycles. The second-order valence-electron chi connectivity index (χ2n) is 4.18. The number of hydrogen-bond acceptors (Lipinski definition) is 5. The molecule has 21 heavy (non-hydrogen) atoms. The third-order valence-electron chi connectivity index (χ3n) is 2.64. The van der Waals surface area contributed by atoms with Crippen LogP contribution in [0.1, 0.15) is 16.9 Å². The molecule has 0 aliphatic carbocycles. The number of carbonyl (C=O) groups excluding carboxylic acids is 1. The summed E-state index contributed by atoms with van der Waals surface area (Å²) in [7, 11) is 0. The average molecular weight is 290 g/mol. The van der Waals surface area contributed by atoms with E-state index in [1.807, 2.05) is 0 Å². The first-order valence-electron chi connectivity index (χ1n) is 6.40. The number of hydrogen-bond donors (Lipinski definition) is 2. The predicted molar refractivity (Wildman–Crippen MR) is 75.3 cm³/mol. The predicted octanol–water partition coefficient (Wildman–Crippen LogP) is 1.40. The van der Waals surface area contributed by atoms with E-state index in [0.717, 1.165) is 0 Å². The summed E-state index contributed by atoms with van der Waals surface area (Å²) in [5.74, 6) is -0.528. The van der Waals surface area contributed by atoms with E-state index in [4.69, 9.17) is 10.5 Å². The van der Waals surface area contributed by atoms with E-state index < -0.39 is 11.7 Å². The second-order valence-corrected chi connectivity index (χ2v) is 4.18. The number of halogens is 1. The zero-order valence-electron chi connectivity index (χ0n) is 11.3. The van der Waals surface area contributed by atoms with Gasteiger partial charge in [-0.3, -0.25) is 4.79 Å². The molecule has 0 aliphatic heterocycles. The maximum absolute atomic E-state index is 13.3. The van der Waals surface area contributed by atoms with E-state index in [1.54, 1.807) is 18.2 Å². The monoisotopic (exact) mass is 290 g/mol. The summed E-state index contributed by atoms with van der Waals surface area (Å²) in [4.78, 5) is 19.4. The summed E-state index contributed by atoms with van der Waals surface area (Å²) in [6, 6.07) is 6.16. The van der Waals surface area contributed by atoms with Crippen LogP contribution in [0.3, 0.4) is 0 Å². The van der Waals surface area contributed by atoms with Crippen molar-refractivity contribution in [3.8, 4) is 5.75 Å². The number of carbonyl (C=O) groups is 1. The molecule has 6 nitrogen and oxygen atoms in total. The Balaban J connectivity index is 1.72. The lowest BCUT2D eigenvalue weighted by atomic mass is 10.3. The SMILES string of the molecule is Nc1nccnc1C(=O)NCCCOc1ccccc1F. The smallest absolute Gasteiger partial charge is 0.273 e. The largest absolute Gasteiger partial charge is 0.490 e. The Morgan fingerprint density at radius 2 is 2.05 bits per heavy atom. The molecular weight excluding hydrogens is 275 g/mol. The molecule has 2 aromatic rings. The number of nitrogens with two attached hydrogens (primary N) is 1. The third kappa shape index (κ3) is 4.13. The van der Waals surface area contributed by atoms with E-state index in [1.165, 1.54) is 18.5 Å². The van der Waals surface area contributed by atoms with E-state index in [0.29, 0.717) is 13.0 Å². The van der Waals surface area contributed by atoms with Gasteiger partial charge in [0.05, 0.1) is 6.61 Å². The van der Waals surface area contributed by atoms with Gasteiger partial charge >= 0.3 is 0 Å². The maximum atomic E-state index is 13.3. The van der Waals surface area contributed by atoms with Crippen molar-refractivity contribution in [1.29, 1.82) is 0 Å². The standard InChI is InChI=1S/C14H15FN4O2/c15-10-4-1-2-5-11(10)21-9-3-6-19-14(20)12-13(16)18-8-7-17-12/h1-2,4-5,7-8H,3,6,9H2,(H2,16,18)(H,19,20). The van der Waals surface area contributed by atoms with Gasteiger partial charge in [0.15, 0.2) is 23.1 Å². The minimum atomic E-state index is -0.408. The number of amides is 1. The quantitative estimate of drug-likeness (QED) is 0.785. The van der Waals surface area contributed by atoms with E-state index in [2.05, 4.69) is 15.3 Å². The summed E-state index contributed by atoms with van der Waals surface area (Å²) in [5.41, 5.74) is 5.63. The Morgan fingerprint density at radius 1 is 1.29 bits per heavy atom. The topological polar surface area (TPSA) is 90.1 Å². The van der Waals surface area contributed by atoms with Crippen LogP contribution >= 0.6 is 0 Å². The van der Waals surface area contributed by atoms with Crippen molar-refractivity contribution in [3.63, 3.8) is 0 Å². The van der Waals surface area contributed by atoms with Crippen LogP contribution in [-0.2, 0) is 0 Å². The number of ether oxygens (including phenoxy) is 1. The van der Waals surface area contributed by atoms with Gasteiger partial charge in [0.25, 0.3) is 5.91 Å². The van der Waals surface area contributed by atoms with Crippen LogP contribution in [0.15, 0.2) is 36.7 Å². The Hall–Kier alpha value is -2.70. The molecule has 0 aliphatic rings. The molecule has 1 amide bonds. The lowest BCUT2D eigenvalue weighted by molar-refractivity contribution is 0.0947. The number of benzene rings is 1. The molecule has 0 radical (unpaired) electrons. The van der Waals surface area contributed by atoms with Crippen molar-refractivity contribution in [1.82, 2.24) is 15.3 Å². The van der Waals surface area contributed by atoms with Crippen LogP contribution in [0, 0.1) is 5.82 Å². The van der Waals surface area contributed by atoms with Crippen LogP contribution in [0.25, 0.3) is 0 Å². The minimum Gasteiger partial charge on any atom is -0.490 e. The van der Waals surface area contributed by atoms with Crippen molar-refractivity contribution in [2.24, 2.45) is 0 Å². The van der Waals surface area contributed by atoms with E-state index in [-0.39, 0.29) is 23.9 Å². The summed E-state index contributed by atoms with van der Waals surface area (Å²) >= 11 is 0.